The zero-order valence-corrected chi connectivity index (χ0v) is 24.2. The van der Waals surface area contributed by atoms with Crippen molar-refractivity contribution in [3.8, 4) is 5.75 Å². The van der Waals surface area contributed by atoms with Gasteiger partial charge in [-0.25, -0.2) is 9.97 Å². The van der Waals surface area contributed by atoms with E-state index in [2.05, 4.69) is 14.9 Å². The van der Waals surface area contributed by atoms with Crippen LogP contribution < -0.4 is 14.5 Å². The van der Waals surface area contributed by atoms with Gasteiger partial charge in [0.1, 0.15) is 0 Å². The number of aromatic nitrogens is 2. The van der Waals surface area contributed by atoms with Crippen LogP contribution in [0.5, 0.6) is 5.75 Å². The summed E-state index contributed by atoms with van der Waals surface area (Å²) in [5, 5.41) is 0. The van der Waals surface area contributed by atoms with Crippen molar-refractivity contribution in [3.05, 3.63) is 76.6 Å². The Morgan fingerprint density at radius 1 is 0.976 bits per heavy atom. The van der Waals surface area contributed by atoms with Crippen LogP contribution in [-0.4, -0.2) is 54.9 Å². The molecule has 0 N–H and O–H groups in total. The Hall–Kier alpha value is -3.19. The van der Waals surface area contributed by atoms with Crippen molar-refractivity contribution in [1.29, 1.82) is 0 Å². The fourth-order valence-corrected chi connectivity index (χ4v) is 4.94. The highest BCUT2D eigenvalue weighted by Gasteiger charge is 2.38. The van der Waals surface area contributed by atoms with Crippen LogP contribution in [0.2, 0.25) is 0 Å². The van der Waals surface area contributed by atoms with Gasteiger partial charge in [-0.2, -0.15) is 38.1 Å². The van der Waals surface area contributed by atoms with Crippen molar-refractivity contribution < 1.29 is 35.8 Å². The van der Waals surface area contributed by atoms with Crippen LogP contribution >= 0.6 is 11.8 Å². The molecule has 1 unspecified atom stereocenters. The molecule has 228 valence electrons. The van der Waals surface area contributed by atoms with Gasteiger partial charge in [0.15, 0.2) is 5.75 Å². The number of morpholine rings is 1. The Morgan fingerprint density at radius 2 is 1.60 bits per heavy atom. The number of hydrogen-bond donors (Lipinski definition) is 0. The molecule has 1 saturated heterocycles. The molecule has 1 fully saturated rings. The van der Waals surface area contributed by atoms with E-state index in [0.29, 0.717) is 38.7 Å². The van der Waals surface area contributed by atoms with E-state index in [9.17, 15) is 26.3 Å². The van der Waals surface area contributed by atoms with E-state index in [-0.39, 0.29) is 24.1 Å². The maximum atomic E-state index is 13.7. The maximum Gasteiger partial charge on any atom is 0.416 e. The minimum absolute atomic E-state index is 0.125. The second kappa shape index (κ2) is 13.4. The molecule has 0 amide bonds. The van der Waals surface area contributed by atoms with E-state index >= 15 is 0 Å². The lowest BCUT2D eigenvalue weighted by Crippen LogP contribution is -2.37. The van der Waals surface area contributed by atoms with Crippen LogP contribution in [-0.2, 0) is 23.6 Å². The van der Waals surface area contributed by atoms with Crippen molar-refractivity contribution in [3.63, 3.8) is 0 Å². The van der Waals surface area contributed by atoms with Crippen LogP contribution in [0.25, 0.3) is 0 Å². The van der Waals surface area contributed by atoms with Crippen LogP contribution in [0.15, 0.2) is 48.8 Å². The summed E-state index contributed by atoms with van der Waals surface area (Å²) in [5.74, 6) is 1.29. The number of benzene rings is 2. The summed E-state index contributed by atoms with van der Waals surface area (Å²) in [7, 11) is 0. The number of hydrogen-bond acceptors (Lipinski definition) is 7. The molecule has 42 heavy (non-hydrogen) atoms. The van der Waals surface area contributed by atoms with Crippen molar-refractivity contribution in [2.45, 2.75) is 38.8 Å². The Kier molecular flexibility index (Phi) is 10.1. The van der Waals surface area contributed by atoms with Gasteiger partial charge < -0.3 is 19.3 Å². The van der Waals surface area contributed by atoms with Gasteiger partial charge in [0.05, 0.1) is 49.4 Å². The molecular weight excluding hydrogens is 582 g/mol. The lowest BCUT2D eigenvalue weighted by atomic mass is 9.98. The second-order valence-electron chi connectivity index (χ2n) is 9.93. The number of thioether (sulfide) groups is 1. The van der Waals surface area contributed by atoms with Crippen LogP contribution in [0.4, 0.5) is 38.0 Å². The molecule has 1 aliphatic rings. The molecule has 0 aliphatic carbocycles. The predicted octanol–water partition coefficient (Wildman–Crippen LogP) is 7.17. The first-order valence-electron chi connectivity index (χ1n) is 13.3. The predicted molar refractivity (Wildman–Crippen MR) is 151 cm³/mol. The summed E-state index contributed by atoms with van der Waals surface area (Å²) < 4.78 is 93.4. The van der Waals surface area contributed by atoms with Gasteiger partial charge in [0.25, 0.3) is 0 Å². The first-order chi connectivity index (χ1) is 19.9. The molecule has 13 heteroatoms. The number of rotatable bonds is 10. The fraction of sp³-hybridized carbons (Fsp3) is 0.448. The van der Waals surface area contributed by atoms with Crippen molar-refractivity contribution >= 4 is 23.4 Å². The van der Waals surface area contributed by atoms with Crippen LogP contribution in [0, 0.1) is 6.92 Å². The average molecular weight is 615 g/mol. The summed E-state index contributed by atoms with van der Waals surface area (Å²) in [5.41, 5.74) is -0.230. The van der Waals surface area contributed by atoms with Crippen molar-refractivity contribution in [1.82, 2.24) is 9.97 Å². The third-order valence-electron chi connectivity index (χ3n) is 6.91. The highest BCUT2D eigenvalue weighted by molar-refractivity contribution is 7.98. The molecule has 1 aromatic heterocycles. The quantitative estimate of drug-likeness (QED) is 0.177. The Morgan fingerprint density at radius 3 is 2.17 bits per heavy atom. The molecule has 2 heterocycles. The standard InChI is InChI=1S/C29H32F6N4O2S/c1-19-4-5-26(38-6-8-40-9-7-38)22(12-19)18-39(27-36-16-25(17-37-27)41-10-11-42-3)20(2)21-13-23(28(30,31)32)15-24(14-21)29(33,34)35/h4-5,12-17,20H,6-11,18H2,1-3H3. The third-order valence-corrected chi connectivity index (χ3v) is 7.49. The number of anilines is 2. The smallest absolute Gasteiger partial charge is 0.416 e. The molecule has 0 saturated carbocycles. The van der Waals surface area contributed by atoms with Gasteiger partial charge in [0, 0.05) is 31.1 Å². The normalized spacial score (nSPS) is 15.0. The van der Waals surface area contributed by atoms with Gasteiger partial charge in [0.2, 0.25) is 5.95 Å². The molecule has 6 nitrogen and oxygen atoms in total. The molecule has 0 radical (unpaired) electrons. The maximum absolute atomic E-state index is 13.7. The molecule has 4 rings (SSSR count). The summed E-state index contributed by atoms with van der Waals surface area (Å²) in [6, 6.07) is 6.57. The number of ether oxygens (including phenoxy) is 2. The molecule has 2 aromatic carbocycles. The molecule has 0 spiro atoms. The number of alkyl halides is 6. The lowest BCUT2D eigenvalue weighted by molar-refractivity contribution is -0.143. The van der Waals surface area contributed by atoms with E-state index in [1.54, 1.807) is 23.6 Å². The SMILES string of the molecule is CSCCOc1cnc(N(Cc2cc(C)ccc2N2CCOCC2)C(C)c2cc(C(F)(F)F)cc(C(F)(F)F)c2)nc1. The first-order valence-corrected chi connectivity index (χ1v) is 14.7. The van der Waals surface area contributed by atoms with Crippen molar-refractivity contribution in [2.75, 3.05) is 54.7 Å². The summed E-state index contributed by atoms with van der Waals surface area (Å²) in [6.45, 7) is 6.39. The van der Waals surface area contributed by atoms with Crippen molar-refractivity contribution in [2.24, 2.45) is 0 Å². The zero-order valence-electron chi connectivity index (χ0n) is 23.4. The minimum atomic E-state index is -4.97. The molecule has 3 aromatic rings. The first kappa shape index (κ1) is 31.7. The monoisotopic (exact) mass is 614 g/mol. The number of halogens is 6. The molecule has 0 bridgehead atoms. The van der Waals surface area contributed by atoms with E-state index in [1.165, 1.54) is 12.4 Å². The van der Waals surface area contributed by atoms with E-state index in [1.807, 2.05) is 31.4 Å². The van der Waals surface area contributed by atoms with E-state index < -0.39 is 29.5 Å². The second-order valence-corrected chi connectivity index (χ2v) is 10.9. The molecule has 1 atom stereocenters. The topological polar surface area (TPSA) is 50.7 Å². The highest BCUT2D eigenvalue weighted by Crippen LogP contribution is 2.39. The van der Waals surface area contributed by atoms with Gasteiger partial charge in [-0.05, 0) is 55.5 Å². The number of nitrogens with zero attached hydrogens (tertiary/aromatic N) is 4. The average Bonchev–Trinajstić information content (AvgIpc) is 2.95. The highest BCUT2D eigenvalue weighted by atomic mass is 32.2. The van der Waals surface area contributed by atoms with Crippen LogP contribution in [0.3, 0.4) is 0 Å². The van der Waals surface area contributed by atoms with Gasteiger partial charge in [-0.3, -0.25) is 0 Å². The Labute approximate surface area is 245 Å². The van der Waals surface area contributed by atoms with E-state index in [4.69, 9.17) is 9.47 Å². The van der Waals surface area contributed by atoms with Crippen LogP contribution in [0.1, 0.15) is 40.8 Å². The van der Waals surface area contributed by atoms with Gasteiger partial charge >= 0.3 is 12.4 Å². The molecular formula is C29H32F6N4O2S. The summed E-state index contributed by atoms with van der Waals surface area (Å²) in [6.07, 6.45) is -5.08. The number of aryl methyl sites for hydroxylation is 1. The Balaban J connectivity index is 1.78. The third kappa shape index (κ3) is 8.00. The Bertz CT molecular complexity index is 1300. The zero-order chi connectivity index (χ0) is 30.5. The van der Waals surface area contributed by atoms with E-state index in [0.717, 1.165) is 34.7 Å². The minimum Gasteiger partial charge on any atom is -0.489 e. The summed E-state index contributed by atoms with van der Waals surface area (Å²) >= 11 is 1.61. The van der Waals surface area contributed by atoms with Gasteiger partial charge in [-0.15, -0.1) is 0 Å². The summed E-state index contributed by atoms with van der Waals surface area (Å²) in [4.78, 5) is 12.6. The largest absolute Gasteiger partial charge is 0.489 e. The molecule has 1 aliphatic heterocycles. The van der Waals surface area contributed by atoms with Gasteiger partial charge in [-0.1, -0.05) is 17.7 Å². The fourth-order valence-electron chi connectivity index (χ4n) is 4.69. The lowest BCUT2D eigenvalue weighted by Gasteiger charge is -2.34.